The predicted molar refractivity (Wildman–Crippen MR) is 142 cm³/mol. The molecule has 3 N–H and O–H groups in total. The molecule has 204 valence electrons. The molecule has 38 heavy (non-hydrogen) atoms. The molecule has 0 fully saturated rings. The maximum absolute atomic E-state index is 13.9. The second kappa shape index (κ2) is 13.3. The number of benzene rings is 2. The molecule has 10 heteroatoms. The molecule has 2 rings (SSSR count). The van der Waals surface area contributed by atoms with Gasteiger partial charge in [-0.2, -0.15) is 5.26 Å². The van der Waals surface area contributed by atoms with E-state index < -0.39 is 42.1 Å². The van der Waals surface area contributed by atoms with Crippen molar-refractivity contribution in [2.45, 2.75) is 58.7 Å². The summed E-state index contributed by atoms with van der Waals surface area (Å²) in [4.78, 5) is 41.3. The monoisotopic (exact) mass is 524 g/mol. The summed E-state index contributed by atoms with van der Waals surface area (Å²) < 4.78 is 10.5. The van der Waals surface area contributed by atoms with Gasteiger partial charge >= 0.3 is 6.09 Å². The van der Waals surface area contributed by atoms with Gasteiger partial charge < -0.3 is 30.1 Å². The van der Waals surface area contributed by atoms with Gasteiger partial charge in [-0.25, -0.2) is 4.79 Å². The van der Waals surface area contributed by atoms with Gasteiger partial charge in [-0.1, -0.05) is 32.4 Å². The molecule has 2 aromatic rings. The van der Waals surface area contributed by atoms with Crippen LogP contribution >= 0.6 is 0 Å². The number of amides is 3. The molecule has 0 aliphatic heterocycles. The Labute approximate surface area is 223 Å². The zero-order chi connectivity index (χ0) is 28.5. The molecular weight excluding hydrogens is 488 g/mol. The molecule has 3 amide bonds. The highest BCUT2D eigenvalue weighted by molar-refractivity contribution is 5.99. The normalized spacial score (nSPS) is 13.3. The van der Waals surface area contributed by atoms with Crippen molar-refractivity contribution in [2.75, 3.05) is 19.0 Å². The SMILES string of the molecule is CCC(C)C(NC(=O)OC(C)(C)C)C(=O)N(CC#N)C(C(=O)Nc1ccc(OC)cc1)c1ccc(O)cc1. The first-order chi connectivity index (χ1) is 17.9. The second-order valence-electron chi connectivity index (χ2n) is 9.85. The van der Waals surface area contributed by atoms with Gasteiger partial charge in [0.1, 0.15) is 35.7 Å². The fourth-order valence-electron chi connectivity index (χ4n) is 3.68. The van der Waals surface area contributed by atoms with Crippen LogP contribution in [0.2, 0.25) is 0 Å². The van der Waals surface area contributed by atoms with Gasteiger partial charge in [0.15, 0.2) is 0 Å². The number of phenols is 1. The summed E-state index contributed by atoms with van der Waals surface area (Å²) in [7, 11) is 1.53. The van der Waals surface area contributed by atoms with E-state index in [4.69, 9.17) is 9.47 Å². The van der Waals surface area contributed by atoms with Crippen LogP contribution in [0.25, 0.3) is 0 Å². The third-order valence-corrected chi connectivity index (χ3v) is 5.80. The van der Waals surface area contributed by atoms with E-state index in [2.05, 4.69) is 10.6 Å². The topological polar surface area (TPSA) is 141 Å². The summed E-state index contributed by atoms with van der Waals surface area (Å²) >= 11 is 0. The summed E-state index contributed by atoms with van der Waals surface area (Å²) in [5.74, 6) is -0.949. The van der Waals surface area contributed by atoms with Crippen LogP contribution in [0, 0.1) is 17.2 Å². The molecule has 3 unspecified atom stereocenters. The molecular formula is C28H36N4O6. The highest BCUT2D eigenvalue weighted by atomic mass is 16.6. The van der Waals surface area contributed by atoms with Crippen molar-refractivity contribution in [3.63, 3.8) is 0 Å². The van der Waals surface area contributed by atoms with Crippen LogP contribution in [0.5, 0.6) is 11.5 Å². The Morgan fingerprint density at radius 3 is 2.18 bits per heavy atom. The van der Waals surface area contributed by atoms with Crippen LogP contribution in [0.1, 0.15) is 52.6 Å². The fraction of sp³-hybridized carbons (Fsp3) is 0.429. The summed E-state index contributed by atoms with van der Waals surface area (Å²) in [5, 5.41) is 24.8. The van der Waals surface area contributed by atoms with E-state index in [0.717, 1.165) is 4.90 Å². The van der Waals surface area contributed by atoms with Crippen molar-refractivity contribution in [1.29, 1.82) is 5.26 Å². The molecule has 3 atom stereocenters. The van der Waals surface area contributed by atoms with Crippen molar-refractivity contribution >= 4 is 23.6 Å². The van der Waals surface area contributed by atoms with Crippen LogP contribution in [0.15, 0.2) is 48.5 Å². The van der Waals surface area contributed by atoms with Crippen molar-refractivity contribution in [2.24, 2.45) is 5.92 Å². The Bertz CT molecular complexity index is 1140. The number of nitrogens with zero attached hydrogens (tertiary/aromatic N) is 2. The number of methoxy groups -OCH3 is 1. The van der Waals surface area contributed by atoms with Crippen molar-refractivity contribution in [1.82, 2.24) is 10.2 Å². The lowest BCUT2D eigenvalue weighted by Gasteiger charge is -2.34. The Hall–Kier alpha value is -4.26. The highest BCUT2D eigenvalue weighted by Gasteiger charge is 2.38. The van der Waals surface area contributed by atoms with Gasteiger partial charge in [0.25, 0.3) is 5.91 Å². The quantitative estimate of drug-likeness (QED) is 0.392. The molecule has 0 heterocycles. The predicted octanol–water partition coefficient (Wildman–Crippen LogP) is 4.37. The largest absolute Gasteiger partial charge is 0.508 e. The van der Waals surface area contributed by atoms with E-state index in [1.807, 2.05) is 13.0 Å². The van der Waals surface area contributed by atoms with E-state index in [-0.39, 0.29) is 11.7 Å². The number of rotatable bonds is 10. The summed E-state index contributed by atoms with van der Waals surface area (Å²) in [6.45, 7) is 8.35. The molecule has 0 aliphatic rings. The molecule has 0 aromatic heterocycles. The van der Waals surface area contributed by atoms with E-state index >= 15 is 0 Å². The number of hydrogen-bond donors (Lipinski definition) is 3. The van der Waals surface area contributed by atoms with Gasteiger partial charge in [0.05, 0.1) is 13.2 Å². The standard InChI is InChI=1S/C28H36N4O6/c1-7-18(2)23(31-27(36)38-28(3,4)5)26(35)32(17-16-29)24(19-8-12-21(33)13-9-19)25(34)30-20-10-14-22(37-6)15-11-20/h8-15,18,23-24,33H,7,17H2,1-6H3,(H,30,34)(H,31,36). The summed E-state index contributed by atoms with van der Waals surface area (Å²) in [6.07, 6.45) is -0.244. The molecule has 0 aliphatic carbocycles. The average molecular weight is 525 g/mol. The minimum absolute atomic E-state index is 0.0229. The lowest BCUT2D eigenvalue weighted by atomic mass is 9.95. The van der Waals surface area contributed by atoms with E-state index in [1.165, 1.54) is 31.4 Å². The molecule has 0 saturated carbocycles. The first kappa shape index (κ1) is 30.0. The van der Waals surface area contributed by atoms with Crippen molar-refractivity contribution < 1.29 is 29.0 Å². The van der Waals surface area contributed by atoms with Crippen molar-refractivity contribution in [3.05, 3.63) is 54.1 Å². The van der Waals surface area contributed by atoms with Crippen LogP contribution in [-0.4, -0.2) is 53.2 Å². The summed E-state index contributed by atoms with van der Waals surface area (Å²) in [5.41, 5.74) is 0.0404. The third-order valence-electron chi connectivity index (χ3n) is 5.80. The number of nitriles is 1. The van der Waals surface area contributed by atoms with Crippen LogP contribution < -0.4 is 15.4 Å². The number of nitrogens with one attached hydrogen (secondary N) is 2. The van der Waals surface area contributed by atoms with Crippen LogP contribution in [0.3, 0.4) is 0 Å². The number of aromatic hydroxyl groups is 1. The molecule has 2 aromatic carbocycles. The lowest BCUT2D eigenvalue weighted by Crippen LogP contribution is -2.54. The van der Waals surface area contributed by atoms with Gasteiger partial charge in [0, 0.05) is 5.69 Å². The van der Waals surface area contributed by atoms with E-state index in [0.29, 0.717) is 23.4 Å². The second-order valence-corrected chi connectivity index (χ2v) is 9.85. The number of alkyl carbamates (subject to hydrolysis) is 1. The number of hydrogen-bond acceptors (Lipinski definition) is 7. The average Bonchev–Trinajstić information content (AvgIpc) is 2.86. The first-order valence-electron chi connectivity index (χ1n) is 12.3. The fourth-order valence-corrected chi connectivity index (χ4v) is 3.68. The molecule has 10 nitrogen and oxygen atoms in total. The number of carbonyl (C=O) groups excluding carboxylic acids is 3. The maximum Gasteiger partial charge on any atom is 0.408 e. The Balaban J connectivity index is 2.49. The summed E-state index contributed by atoms with van der Waals surface area (Å²) in [6, 6.07) is 12.1. The van der Waals surface area contributed by atoms with E-state index in [9.17, 15) is 24.8 Å². The zero-order valence-electron chi connectivity index (χ0n) is 22.6. The highest BCUT2D eigenvalue weighted by Crippen LogP contribution is 2.27. The lowest BCUT2D eigenvalue weighted by molar-refractivity contribution is -0.141. The van der Waals surface area contributed by atoms with Gasteiger partial charge in [-0.15, -0.1) is 0 Å². The minimum Gasteiger partial charge on any atom is -0.508 e. The van der Waals surface area contributed by atoms with Gasteiger partial charge in [-0.05, 0) is 68.7 Å². The molecule has 0 bridgehead atoms. The minimum atomic E-state index is -1.24. The third kappa shape index (κ3) is 8.40. The molecule has 0 saturated heterocycles. The van der Waals surface area contributed by atoms with Crippen molar-refractivity contribution in [3.8, 4) is 17.6 Å². The van der Waals surface area contributed by atoms with E-state index in [1.54, 1.807) is 52.0 Å². The smallest absolute Gasteiger partial charge is 0.408 e. The Kier molecular flexibility index (Phi) is 10.5. The van der Waals surface area contributed by atoms with Gasteiger partial charge in [-0.3, -0.25) is 9.59 Å². The first-order valence-corrected chi connectivity index (χ1v) is 12.3. The number of carbonyl (C=O) groups is 3. The maximum atomic E-state index is 13.9. The van der Waals surface area contributed by atoms with Crippen LogP contribution in [-0.2, 0) is 14.3 Å². The van der Waals surface area contributed by atoms with Crippen LogP contribution in [0.4, 0.5) is 10.5 Å². The molecule has 0 spiro atoms. The molecule has 0 radical (unpaired) electrons. The number of anilines is 1. The number of phenolic OH excluding ortho intramolecular Hbond substituents is 1. The zero-order valence-corrected chi connectivity index (χ0v) is 22.6. The number of ether oxygens (including phenoxy) is 2. The van der Waals surface area contributed by atoms with Gasteiger partial charge in [0.2, 0.25) is 5.91 Å². The Morgan fingerprint density at radius 1 is 1.08 bits per heavy atom. The Morgan fingerprint density at radius 2 is 1.68 bits per heavy atom.